The number of carbonyl (C=O) groups is 2. The average molecular weight is 338 g/mol. The zero-order valence-corrected chi connectivity index (χ0v) is 14.0. The Hall–Kier alpha value is -2.69. The number of fused-ring (bicyclic) bond motifs is 1. The van der Waals surface area contributed by atoms with Crippen molar-refractivity contribution >= 4 is 17.5 Å². The van der Waals surface area contributed by atoms with Crippen molar-refractivity contribution in [1.82, 2.24) is 4.90 Å². The summed E-state index contributed by atoms with van der Waals surface area (Å²) in [5.74, 6) is -0.411. The number of rotatable bonds is 1. The molecule has 2 aromatic rings. The Balaban J connectivity index is 1.53. The highest BCUT2D eigenvalue weighted by molar-refractivity contribution is 5.95. The quantitative estimate of drug-likeness (QED) is 0.802. The number of likely N-dealkylation sites (tertiary alicyclic amines) is 1. The second-order valence-electron chi connectivity index (χ2n) is 7.08. The molecule has 0 atom stereocenters. The summed E-state index contributed by atoms with van der Waals surface area (Å²) in [6.07, 6.45) is 0.861. The Morgan fingerprint density at radius 1 is 1.00 bits per heavy atom. The second kappa shape index (κ2) is 5.69. The van der Waals surface area contributed by atoms with Crippen molar-refractivity contribution < 1.29 is 14.0 Å². The smallest absolute Gasteiger partial charge is 0.253 e. The number of anilines is 1. The van der Waals surface area contributed by atoms with Gasteiger partial charge in [0.05, 0.1) is 0 Å². The second-order valence-corrected chi connectivity index (χ2v) is 7.08. The summed E-state index contributed by atoms with van der Waals surface area (Å²) >= 11 is 0. The first-order chi connectivity index (χ1) is 12.0. The van der Waals surface area contributed by atoms with Crippen molar-refractivity contribution in [1.29, 1.82) is 0 Å². The molecule has 4 nitrogen and oxygen atoms in total. The van der Waals surface area contributed by atoms with Crippen LogP contribution in [-0.2, 0) is 11.2 Å². The van der Waals surface area contributed by atoms with E-state index in [4.69, 9.17) is 0 Å². The predicted molar refractivity (Wildman–Crippen MR) is 92.9 cm³/mol. The van der Waals surface area contributed by atoms with Gasteiger partial charge in [0.15, 0.2) is 0 Å². The maximum atomic E-state index is 13.0. The first-order valence-corrected chi connectivity index (χ1v) is 8.38. The molecule has 4 rings (SSSR count). The lowest BCUT2D eigenvalue weighted by Gasteiger charge is -2.54. The molecule has 128 valence electrons. The third-order valence-corrected chi connectivity index (χ3v) is 5.15. The summed E-state index contributed by atoms with van der Waals surface area (Å²) in [5.41, 5.74) is 2.54. The predicted octanol–water partition coefficient (Wildman–Crippen LogP) is 2.88. The molecular weight excluding hydrogens is 319 g/mol. The van der Waals surface area contributed by atoms with Crippen molar-refractivity contribution in [2.75, 3.05) is 24.5 Å². The van der Waals surface area contributed by atoms with Crippen molar-refractivity contribution in [2.45, 2.75) is 13.3 Å². The summed E-state index contributed by atoms with van der Waals surface area (Å²) in [5, 5.41) is 0. The van der Waals surface area contributed by atoms with Crippen LogP contribution in [0.5, 0.6) is 0 Å². The van der Waals surface area contributed by atoms with Crippen molar-refractivity contribution in [3.05, 3.63) is 65.5 Å². The van der Waals surface area contributed by atoms with Crippen molar-refractivity contribution in [2.24, 2.45) is 5.41 Å². The first kappa shape index (κ1) is 15.8. The highest BCUT2D eigenvalue weighted by Crippen LogP contribution is 2.43. The lowest BCUT2D eigenvalue weighted by molar-refractivity contribution is -0.117. The minimum Gasteiger partial charge on any atom is -0.337 e. The molecule has 2 aromatic carbocycles. The standard InChI is InChI=1S/C20H19FN2O2/c1-14(24)23-13-20(10-16-4-2-3-5-18(16)23)11-22(12-20)19(25)15-6-8-17(21)9-7-15/h2-9H,10-13H2,1H3. The van der Waals surface area contributed by atoms with Gasteiger partial charge in [-0.2, -0.15) is 0 Å². The normalized spacial score (nSPS) is 17.8. The fraction of sp³-hybridized carbons (Fsp3) is 0.300. The molecule has 2 aliphatic rings. The zero-order valence-electron chi connectivity index (χ0n) is 14.0. The minimum atomic E-state index is -0.349. The van der Waals surface area contributed by atoms with Crippen LogP contribution in [0, 0.1) is 11.2 Å². The van der Waals surface area contributed by atoms with Crippen LogP contribution in [0.3, 0.4) is 0 Å². The van der Waals surface area contributed by atoms with Crippen LogP contribution in [0.15, 0.2) is 48.5 Å². The zero-order chi connectivity index (χ0) is 17.6. The van der Waals surface area contributed by atoms with Crippen LogP contribution >= 0.6 is 0 Å². The fourth-order valence-corrected chi connectivity index (χ4v) is 3.98. The molecule has 5 heteroatoms. The minimum absolute atomic E-state index is 0.0230. The maximum Gasteiger partial charge on any atom is 0.253 e. The van der Waals surface area contributed by atoms with E-state index in [0.29, 0.717) is 25.2 Å². The summed E-state index contributed by atoms with van der Waals surface area (Å²) in [6.45, 7) is 3.44. The highest BCUT2D eigenvalue weighted by Gasteiger charge is 2.49. The number of nitrogens with zero attached hydrogens (tertiary/aromatic N) is 2. The highest BCUT2D eigenvalue weighted by atomic mass is 19.1. The molecule has 0 saturated carbocycles. The molecule has 1 saturated heterocycles. The fourth-order valence-electron chi connectivity index (χ4n) is 3.98. The first-order valence-electron chi connectivity index (χ1n) is 8.38. The molecule has 1 fully saturated rings. The van der Waals surface area contributed by atoms with Gasteiger partial charge in [0.1, 0.15) is 5.82 Å². The van der Waals surface area contributed by atoms with Gasteiger partial charge in [-0.3, -0.25) is 9.59 Å². The van der Waals surface area contributed by atoms with Crippen molar-refractivity contribution in [3.8, 4) is 0 Å². The van der Waals surface area contributed by atoms with E-state index >= 15 is 0 Å². The molecule has 0 bridgehead atoms. The van der Waals surface area contributed by atoms with Crippen molar-refractivity contribution in [3.63, 3.8) is 0 Å². The summed E-state index contributed by atoms with van der Waals surface area (Å²) < 4.78 is 13.0. The third kappa shape index (κ3) is 2.69. The number of carbonyl (C=O) groups excluding carboxylic acids is 2. The van der Waals surface area contributed by atoms with Gasteiger partial charge in [0, 0.05) is 43.2 Å². The summed E-state index contributed by atoms with van der Waals surface area (Å²) in [7, 11) is 0. The topological polar surface area (TPSA) is 40.6 Å². The monoisotopic (exact) mass is 338 g/mol. The number of hydrogen-bond acceptors (Lipinski definition) is 2. The average Bonchev–Trinajstić information content (AvgIpc) is 2.58. The largest absolute Gasteiger partial charge is 0.337 e. The SMILES string of the molecule is CC(=O)N1CC2(Cc3ccccc31)CN(C(=O)c1ccc(F)cc1)C2. The van der Waals surface area contributed by atoms with E-state index in [1.165, 1.54) is 24.3 Å². The Morgan fingerprint density at radius 3 is 2.36 bits per heavy atom. The number of halogens is 1. The van der Waals surface area contributed by atoms with E-state index in [1.54, 1.807) is 11.8 Å². The van der Waals surface area contributed by atoms with Gasteiger partial charge in [0.25, 0.3) is 5.91 Å². The van der Waals surface area contributed by atoms with Crippen LogP contribution in [-0.4, -0.2) is 36.3 Å². The molecule has 2 aliphatic heterocycles. The van der Waals surface area contributed by atoms with E-state index in [9.17, 15) is 14.0 Å². The summed E-state index contributed by atoms with van der Waals surface area (Å²) in [4.78, 5) is 28.2. The molecule has 0 aromatic heterocycles. The Bertz CT molecular complexity index is 841. The van der Waals surface area contributed by atoms with E-state index in [2.05, 4.69) is 6.07 Å². The van der Waals surface area contributed by atoms with E-state index < -0.39 is 0 Å². The van der Waals surface area contributed by atoms with Crippen LogP contribution in [0.4, 0.5) is 10.1 Å². The van der Waals surface area contributed by atoms with E-state index in [1.807, 2.05) is 23.1 Å². The van der Waals surface area contributed by atoms with Gasteiger partial charge in [0.2, 0.25) is 5.91 Å². The molecular formula is C20H19FN2O2. The lowest BCUT2D eigenvalue weighted by Crippen LogP contribution is -2.65. The number of hydrogen-bond donors (Lipinski definition) is 0. The third-order valence-electron chi connectivity index (χ3n) is 5.15. The van der Waals surface area contributed by atoms with E-state index in [0.717, 1.165) is 17.7 Å². The van der Waals surface area contributed by atoms with Crippen LogP contribution in [0.2, 0.25) is 0 Å². The Labute approximate surface area is 145 Å². The van der Waals surface area contributed by atoms with Gasteiger partial charge in [-0.05, 0) is 42.3 Å². The van der Waals surface area contributed by atoms with Crippen LogP contribution in [0.1, 0.15) is 22.8 Å². The number of amides is 2. The Morgan fingerprint density at radius 2 is 1.68 bits per heavy atom. The van der Waals surface area contributed by atoms with Gasteiger partial charge in [-0.15, -0.1) is 0 Å². The van der Waals surface area contributed by atoms with Gasteiger partial charge >= 0.3 is 0 Å². The van der Waals surface area contributed by atoms with Gasteiger partial charge in [-0.25, -0.2) is 4.39 Å². The van der Waals surface area contributed by atoms with Crippen LogP contribution in [0.25, 0.3) is 0 Å². The van der Waals surface area contributed by atoms with E-state index in [-0.39, 0.29) is 23.0 Å². The molecule has 2 heterocycles. The molecule has 1 spiro atoms. The molecule has 0 radical (unpaired) electrons. The molecule has 2 amide bonds. The number of para-hydroxylation sites is 1. The van der Waals surface area contributed by atoms with Gasteiger partial charge < -0.3 is 9.80 Å². The lowest BCUT2D eigenvalue weighted by atomic mass is 9.71. The van der Waals surface area contributed by atoms with Crippen LogP contribution < -0.4 is 4.90 Å². The van der Waals surface area contributed by atoms with Gasteiger partial charge in [-0.1, -0.05) is 18.2 Å². The number of benzene rings is 2. The summed E-state index contributed by atoms with van der Waals surface area (Å²) in [6, 6.07) is 13.6. The molecule has 0 aliphatic carbocycles. The molecule has 0 N–H and O–H groups in total. The molecule has 25 heavy (non-hydrogen) atoms. The molecule has 0 unspecified atom stereocenters. The Kier molecular flexibility index (Phi) is 3.60. The maximum absolute atomic E-state index is 13.0.